The quantitative estimate of drug-likeness (QED) is 0.695. The second-order valence-electron chi connectivity index (χ2n) is 4.99. The first-order chi connectivity index (χ1) is 10.7. The Balaban J connectivity index is 1.59. The van der Waals surface area contributed by atoms with Gasteiger partial charge in [0.15, 0.2) is 0 Å². The van der Waals surface area contributed by atoms with E-state index in [4.69, 9.17) is 0 Å². The maximum atomic E-state index is 12.1. The van der Waals surface area contributed by atoms with E-state index in [1.165, 1.54) is 0 Å². The number of para-hydroxylation sites is 1. The molecule has 1 aromatic carbocycles. The highest BCUT2D eigenvalue weighted by atomic mass is 32.1. The van der Waals surface area contributed by atoms with E-state index in [1.54, 1.807) is 22.5 Å². The van der Waals surface area contributed by atoms with Crippen molar-refractivity contribution in [2.45, 2.75) is 6.42 Å². The van der Waals surface area contributed by atoms with Gasteiger partial charge in [-0.15, -0.1) is 11.3 Å². The van der Waals surface area contributed by atoms with Gasteiger partial charge in [0.25, 0.3) is 0 Å². The second kappa shape index (κ2) is 6.53. The zero-order valence-electron chi connectivity index (χ0n) is 11.8. The summed E-state index contributed by atoms with van der Waals surface area (Å²) in [4.78, 5) is 26.8. The first-order valence-corrected chi connectivity index (χ1v) is 7.84. The summed E-state index contributed by atoms with van der Waals surface area (Å²) in [6, 6.07) is 13.2. The minimum absolute atomic E-state index is 0.0337. The highest BCUT2D eigenvalue weighted by Gasteiger charge is 2.34. The molecular weight excluding hydrogens is 298 g/mol. The molecule has 0 aliphatic carbocycles. The highest BCUT2D eigenvalue weighted by Crippen LogP contribution is 2.24. The van der Waals surface area contributed by atoms with E-state index in [-0.39, 0.29) is 24.2 Å². The molecule has 0 saturated carbocycles. The van der Waals surface area contributed by atoms with Crippen LogP contribution in [0.15, 0.2) is 52.9 Å². The third-order valence-corrected chi connectivity index (χ3v) is 4.28. The maximum Gasteiger partial charge on any atom is 0.245 e. The van der Waals surface area contributed by atoms with E-state index in [2.05, 4.69) is 10.5 Å². The van der Waals surface area contributed by atoms with Crippen LogP contribution in [0.25, 0.3) is 0 Å². The Kier molecular flexibility index (Phi) is 4.29. The van der Waals surface area contributed by atoms with Crippen LogP contribution in [0.5, 0.6) is 0 Å². The van der Waals surface area contributed by atoms with Crippen molar-refractivity contribution in [1.82, 2.24) is 5.43 Å². The summed E-state index contributed by atoms with van der Waals surface area (Å²) < 4.78 is 0. The van der Waals surface area contributed by atoms with Gasteiger partial charge < -0.3 is 4.90 Å². The lowest BCUT2D eigenvalue weighted by Gasteiger charge is -2.16. The fourth-order valence-electron chi connectivity index (χ4n) is 2.36. The molecule has 6 heteroatoms. The third kappa shape index (κ3) is 3.23. The van der Waals surface area contributed by atoms with Crippen LogP contribution in [-0.2, 0) is 9.59 Å². The van der Waals surface area contributed by atoms with Gasteiger partial charge in [0, 0.05) is 23.5 Å². The Labute approximate surface area is 132 Å². The van der Waals surface area contributed by atoms with E-state index in [0.29, 0.717) is 6.54 Å². The molecule has 0 unspecified atom stereocenters. The molecule has 5 nitrogen and oxygen atoms in total. The number of amides is 2. The minimum atomic E-state index is -0.367. The maximum absolute atomic E-state index is 12.1. The number of hydrazone groups is 1. The minimum Gasteiger partial charge on any atom is -0.312 e. The number of carbonyl (C=O) groups is 2. The molecule has 112 valence electrons. The van der Waals surface area contributed by atoms with Gasteiger partial charge in [-0.3, -0.25) is 9.59 Å². The average molecular weight is 313 g/mol. The van der Waals surface area contributed by atoms with E-state index < -0.39 is 0 Å². The van der Waals surface area contributed by atoms with Crippen LogP contribution >= 0.6 is 11.3 Å². The number of anilines is 1. The summed E-state index contributed by atoms with van der Waals surface area (Å²) in [5, 5.41) is 5.88. The average Bonchev–Trinajstić information content (AvgIpc) is 3.17. The van der Waals surface area contributed by atoms with E-state index >= 15 is 0 Å². The topological polar surface area (TPSA) is 61.8 Å². The van der Waals surface area contributed by atoms with Crippen molar-refractivity contribution in [1.29, 1.82) is 0 Å². The Morgan fingerprint density at radius 3 is 2.82 bits per heavy atom. The Bertz CT molecular complexity index is 683. The molecule has 0 bridgehead atoms. The van der Waals surface area contributed by atoms with Crippen LogP contribution in [0.4, 0.5) is 5.69 Å². The third-order valence-electron chi connectivity index (χ3n) is 3.47. The number of hydrogen-bond donors (Lipinski definition) is 1. The summed E-state index contributed by atoms with van der Waals surface area (Å²) in [6.45, 7) is 0.392. The molecule has 0 radical (unpaired) electrons. The molecule has 22 heavy (non-hydrogen) atoms. The molecule has 1 N–H and O–H groups in total. The molecule has 1 fully saturated rings. The summed E-state index contributed by atoms with van der Waals surface area (Å²) in [5.41, 5.74) is 3.34. The summed E-state index contributed by atoms with van der Waals surface area (Å²) in [5.74, 6) is -0.624. The monoisotopic (exact) mass is 313 g/mol. The SMILES string of the molecule is O=C(N/N=C\c1cccs1)[C@@H]1CC(=O)N(c2ccccc2)C1. The Hall–Kier alpha value is -2.47. The fourth-order valence-corrected chi connectivity index (χ4v) is 2.94. The second-order valence-corrected chi connectivity index (χ2v) is 5.97. The molecule has 1 saturated heterocycles. The van der Waals surface area contributed by atoms with Crippen molar-refractivity contribution in [3.05, 3.63) is 52.7 Å². The molecule has 1 aliphatic rings. The Morgan fingerprint density at radius 2 is 2.09 bits per heavy atom. The van der Waals surface area contributed by atoms with Gasteiger partial charge in [0.2, 0.25) is 11.8 Å². The first kappa shape index (κ1) is 14.5. The normalized spacial score (nSPS) is 18.1. The number of thiophene rings is 1. The van der Waals surface area contributed by atoms with Crippen LogP contribution in [0.1, 0.15) is 11.3 Å². The van der Waals surface area contributed by atoms with Crippen molar-refractivity contribution < 1.29 is 9.59 Å². The van der Waals surface area contributed by atoms with Crippen LogP contribution in [0.2, 0.25) is 0 Å². The summed E-state index contributed by atoms with van der Waals surface area (Å²) in [6.07, 6.45) is 1.82. The molecular formula is C16H15N3O2S. The molecule has 2 amide bonds. The predicted octanol–water partition coefficient (Wildman–Crippen LogP) is 2.25. The lowest BCUT2D eigenvalue weighted by Crippen LogP contribution is -2.30. The predicted molar refractivity (Wildman–Crippen MR) is 87.0 cm³/mol. The van der Waals surface area contributed by atoms with Crippen molar-refractivity contribution >= 4 is 35.1 Å². The molecule has 0 spiro atoms. The van der Waals surface area contributed by atoms with Crippen LogP contribution < -0.4 is 10.3 Å². The van der Waals surface area contributed by atoms with Crippen molar-refractivity contribution in [2.24, 2.45) is 11.0 Å². The van der Waals surface area contributed by atoms with Crippen LogP contribution in [0.3, 0.4) is 0 Å². The molecule has 1 atom stereocenters. The van der Waals surface area contributed by atoms with Crippen molar-refractivity contribution in [2.75, 3.05) is 11.4 Å². The first-order valence-electron chi connectivity index (χ1n) is 6.96. The zero-order chi connectivity index (χ0) is 15.4. The van der Waals surface area contributed by atoms with E-state index in [9.17, 15) is 9.59 Å². The zero-order valence-corrected chi connectivity index (χ0v) is 12.6. The van der Waals surface area contributed by atoms with Gasteiger partial charge in [-0.25, -0.2) is 5.43 Å². The van der Waals surface area contributed by atoms with Gasteiger partial charge in [-0.05, 0) is 23.6 Å². The molecule has 3 rings (SSSR count). The van der Waals surface area contributed by atoms with Gasteiger partial charge in [0.05, 0.1) is 12.1 Å². The highest BCUT2D eigenvalue weighted by molar-refractivity contribution is 7.11. The number of nitrogens with one attached hydrogen (secondary N) is 1. The van der Waals surface area contributed by atoms with Gasteiger partial charge in [0.1, 0.15) is 0 Å². The molecule has 2 heterocycles. The number of hydrogen-bond acceptors (Lipinski definition) is 4. The summed E-state index contributed by atoms with van der Waals surface area (Å²) >= 11 is 1.54. The molecule has 1 aromatic heterocycles. The summed E-state index contributed by atoms with van der Waals surface area (Å²) in [7, 11) is 0. The smallest absolute Gasteiger partial charge is 0.245 e. The van der Waals surface area contributed by atoms with Crippen molar-refractivity contribution in [3.63, 3.8) is 0 Å². The molecule has 2 aromatic rings. The van der Waals surface area contributed by atoms with Crippen LogP contribution in [0, 0.1) is 5.92 Å². The number of benzene rings is 1. The van der Waals surface area contributed by atoms with Gasteiger partial charge in [-0.1, -0.05) is 24.3 Å². The lowest BCUT2D eigenvalue weighted by atomic mass is 10.1. The lowest BCUT2D eigenvalue weighted by molar-refractivity contribution is -0.126. The largest absolute Gasteiger partial charge is 0.312 e. The van der Waals surface area contributed by atoms with E-state index in [0.717, 1.165) is 10.6 Å². The van der Waals surface area contributed by atoms with Gasteiger partial charge >= 0.3 is 0 Å². The standard InChI is InChI=1S/C16H15N3O2S/c20-15-9-12(11-19(15)13-5-2-1-3-6-13)16(21)18-17-10-14-7-4-8-22-14/h1-8,10,12H,9,11H2,(H,18,21)/b17-10-/t12-/m1/s1. The van der Waals surface area contributed by atoms with Gasteiger partial charge in [-0.2, -0.15) is 5.10 Å². The number of rotatable bonds is 4. The Morgan fingerprint density at radius 1 is 1.27 bits per heavy atom. The van der Waals surface area contributed by atoms with E-state index in [1.807, 2.05) is 47.8 Å². The molecule has 1 aliphatic heterocycles. The number of nitrogens with zero attached hydrogens (tertiary/aromatic N) is 2. The van der Waals surface area contributed by atoms with Crippen molar-refractivity contribution in [3.8, 4) is 0 Å². The van der Waals surface area contributed by atoms with Crippen LogP contribution in [-0.4, -0.2) is 24.6 Å². The number of carbonyl (C=O) groups excluding carboxylic acids is 2. The fraction of sp³-hybridized carbons (Fsp3) is 0.188.